The molecule has 1 aromatic carbocycles. The van der Waals surface area contributed by atoms with Crippen LogP contribution in [0.5, 0.6) is 0 Å². The van der Waals surface area contributed by atoms with Crippen molar-refractivity contribution in [1.82, 2.24) is 9.88 Å². The first kappa shape index (κ1) is 19.5. The van der Waals surface area contributed by atoms with Gasteiger partial charge in [-0.2, -0.15) is 0 Å². The Morgan fingerprint density at radius 2 is 1.85 bits per heavy atom. The third-order valence-electron chi connectivity index (χ3n) is 3.43. The second-order valence-electron chi connectivity index (χ2n) is 5.31. The van der Waals surface area contributed by atoms with E-state index in [9.17, 15) is 14.4 Å². The molecule has 1 aromatic heterocycles. The lowest BCUT2D eigenvalue weighted by molar-refractivity contribution is -0.136. The number of anilines is 1. The first-order chi connectivity index (χ1) is 12.5. The monoisotopic (exact) mass is 373 g/mol. The number of amides is 2. The maximum absolute atomic E-state index is 12.1. The summed E-state index contributed by atoms with van der Waals surface area (Å²) in [7, 11) is 1.47. The number of benzene rings is 1. The average molecular weight is 373 g/mol. The molecule has 2 aromatic rings. The van der Waals surface area contributed by atoms with Gasteiger partial charge in [0.05, 0.1) is 17.8 Å². The number of hydrogen-bond acceptors (Lipinski definition) is 6. The quantitative estimate of drug-likeness (QED) is 0.590. The van der Waals surface area contributed by atoms with Crippen LogP contribution in [0.3, 0.4) is 0 Å². The van der Waals surface area contributed by atoms with Crippen LogP contribution in [-0.2, 0) is 14.3 Å². The summed E-state index contributed by atoms with van der Waals surface area (Å²) in [5.41, 5.74) is 0.997. The summed E-state index contributed by atoms with van der Waals surface area (Å²) in [4.78, 5) is 41.9. The third-order valence-corrected chi connectivity index (χ3v) is 4.23. The van der Waals surface area contributed by atoms with Gasteiger partial charge in [0, 0.05) is 24.3 Å². The Labute approximate surface area is 155 Å². The fourth-order valence-electron chi connectivity index (χ4n) is 2.05. The smallest absolute Gasteiger partial charge is 0.338 e. The lowest BCUT2D eigenvalue weighted by Crippen LogP contribution is -2.37. The van der Waals surface area contributed by atoms with E-state index >= 15 is 0 Å². The Morgan fingerprint density at radius 1 is 1.15 bits per heavy atom. The number of pyridine rings is 1. The number of carbonyl (C=O) groups is 3. The van der Waals surface area contributed by atoms with Gasteiger partial charge in [-0.3, -0.25) is 14.6 Å². The standard InChI is InChI=1S/C18H19N3O4S/c1-21(11-16(22)20-14-5-3-4-6-15(14)26-2)17(23)12-25-18(24)13-7-9-19-10-8-13/h3-10H,11-12H2,1-2H3,(H,20,22). The van der Waals surface area contributed by atoms with Crippen LogP contribution in [0.1, 0.15) is 10.4 Å². The third kappa shape index (κ3) is 5.59. The molecule has 0 unspecified atom stereocenters. The molecule has 8 heteroatoms. The van der Waals surface area contributed by atoms with Gasteiger partial charge in [0.2, 0.25) is 5.91 Å². The summed E-state index contributed by atoms with van der Waals surface area (Å²) in [5, 5.41) is 2.77. The highest BCUT2D eigenvalue weighted by Crippen LogP contribution is 2.24. The minimum atomic E-state index is -0.618. The zero-order valence-corrected chi connectivity index (χ0v) is 15.3. The van der Waals surface area contributed by atoms with Crippen LogP contribution in [-0.4, -0.2) is 54.1 Å². The molecule has 2 amide bonds. The number of para-hydroxylation sites is 1. The van der Waals surface area contributed by atoms with Crippen LogP contribution in [0.2, 0.25) is 0 Å². The van der Waals surface area contributed by atoms with Crippen LogP contribution in [0.15, 0.2) is 53.7 Å². The van der Waals surface area contributed by atoms with Gasteiger partial charge >= 0.3 is 5.97 Å². The Bertz CT molecular complexity index is 783. The fraction of sp³-hybridized carbons (Fsp3) is 0.222. The van der Waals surface area contributed by atoms with Crippen molar-refractivity contribution in [3.63, 3.8) is 0 Å². The molecule has 0 radical (unpaired) electrons. The average Bonchev–Trinajstić information content (AvgIpc) is 2.66. The lowest BCUT2D eigenvalue weighted by atomic mass is 10.3. The Morgan fingerprint density at radius 3 is 2.54 bits per heavy atom. The summed E-state index contributed by atoms with van der Waals surface area (Å²) >= 11 is 1.51. The van der Waals surface area contributed by atoms with Gasteiger partial charge in [0.15, 0.2) is 6.61 Å². The van der Waals surface area contributed by atoms with Crippen LogP contribution < -0.4 is 5.32 Å². The molecule has 26 heavy (non-hydrogen) atoms. The zero-order valence-electron chi connectivity index (χ0n) is 14.5. The first-order valence-electron chi connectivity index (χ1n) is 7.75. The highest BCUT2D eigenvalue weighted by Gasteiger charge is 2.16. The first-order valence-corrected chi connectivity index (χ1v) is 8.97. The maximum Gasteiger partial charge on any atom is 0.338 e. The number of aromatic nitrogens is 1. The molecule has 1 heterocycles. The van der Waals surface area contributed by atoms with E-state index in [0.29, 0.717) is 11.3 Å². The number of nitrogens with one attached hydrogen (secondary N) is 1. The maximum atomic E-state index is 12.1. The van der Waals surface area contributed by atoms with Crippen LogP contribution >= 0.6 is 11.8 Å². The molecular formula is C18H19N3O4S. The second-order valence-corrected chi connectivity index (χ2v) is 6.16. The Hall–Kier alpha value is -2.87. The van der Waals surface area contributed by atoms with Crippen molar-refractivity contribution in [3.05, 3.63) is 54.4 Å². The molecule has 136 valence electrons. The number of thioether (sulfide) groups is 1. The molecule has 0 spiro atoms. The molecule has 0 aliphatic carbocycles. The molecule has 0 aliphatic heterocycles. The van der Waals surface area contributed by atoms with Gasteiger partial charge in [-0.15, -0.1) is 11.8 Å². The minimum absolute atomic E-state index is 0.144. The molecule has 0 saturated heterocycles. The van der Waals surface area contributed by atoms with Gasteiger partial charge in [0.1, 0.15) is 0 Å². The molecular weight excluding hydrogens is 354 g/mol. The van der Waals surface area contributed by atoms with E-state index in [1.807, 2.05) is 24.5 Å². The summed E-state index contributed by atoms with van der Waals surface area (Å²) in [6.45, 7) is -0.583. The molecule has 1 N–H and O–H groups in total. The van der Waals surface area contributed by atoms with Gasteiger partial charge in [-0.1, -0.05) is 12.1 Å². The van der Waals surface area contributed by atoms with E-state index in [-0.39, 0.29) is 12.5 Å². The molecule has 0 fully saturated rings. The normalized spacial score (nSPS) is 10.1. The number of carbonyl (C=O) groups excluding carboxylic acids is 3. The molecule has 2 rings (SSSR count). The Kier molecular flexibility index (Phi) is 7.16. The summed E-state index contributed by atoms with van der Waals surface area (Å²) in [6.07, 6.45) is 4.83. The van der Waals surface area contributed by atoms with Crippen molar-refractivity contribution in [3.8, 4) is 0 Å². The topological polar surface area (TPSA) is 88.6 Å². The van der Waals surface area contributed by atoms with E-state index in [1.165, 1.54) is 48.2 Å². The minimum Gasteiger partial charge on any atom is -0.452 e. The fourth-order valence-corrected chi connectivity index (χ4v) is 2.60. The molecule has 0 atom stereocenters. The predicted molar refractivity (Wildman–Crippen MR) is 99.0 cm³/mol. The SMILES string of the molecule is CSc1ccccc1NC(=O)CN(C)C(=O)COC(=O)c1ccncc1. The van der Waals surface area contributed by atoms with Crippen molar-refractivity contribution in [1.29, 1.82) is 0 Å². The number of hydrogen-bond donors (Lipinski definition) is 1. The van der Waals surface area contributed by atoms with Gasteiger partial charge in [-0.25, -0.2) is 4.79 Å². The number of esters is 1. The van der Waals surface area contributed by atoms with Crippen molar-refractivity contribution < 1.29 is 19.1 Å². The largest absolute Gasteiger partial charge is 0.452 e. The molecule has 7 nitrogen and oxygen atoms in total. The summed E-state index contributed by atoms with van der Waals surface area (Å²) < 4.78 is 4.95. The molecule has 0 aliphatic rings. The van der Waals surface area contributed by atoms with Crippen molar-refractivity contribution in [2.24, 2.45) is 0 Å². The highest BCUT2D eigenvalue weighted by molar-refractivity contribution is 7.98. The number of ether oxygens (including phenoxy) is 1. The van der Waals surface area contributed by atoms with Crippen LogP contribution in [0.25, 0.3) is 0 Å². The van der Waals surface area contributed by atoms with Crippen molar-refractivity contribution in [2.45, 2.75) is 4.90 Å². The van der Waals surface area contributed by atoms with Crippen LogP contribution in [0, 0.1) is 0 Å². The summed E-state index contributed by atoms with van der Waals surface area (Å²) in [6, 6.07) is 10.4. The molecule has 0 saturated carbocycles. The van der Waals surface area contributed by atoms with Crippen LogP contribution in [0.4, 0.5) is 5.69 Å². The number of rotatable bonds is 7. The van der Waals surface area contributed by atoms with Gasteiger partial charge in [0.25, 0.3) is 5.91 Å². The molecule has 0 bridgehead atoms. The van der Waals surface area contributed by atoms with Gasteiger partial charge < -0.3 is 15.0 Å². The van der Waals surface area contributed by atoms with E-state index < -0.39 is 18.5 Å². The van der Waals surface area contributed by atoms with E-state index in [0.717, 1.165) is 4.90 Å². The number of nitrogens with zero attached hydrogens (tertiary/aromatic N) is 2. The zero-order chi connectivity index (χ0) is 18.9. The van der Waals surface area contributed by atoms with E-state index in [4.69, 9.17) is 4.74 Å². The predicted octanol–water partition coefficient (Wildman–Crippen LogP) is 2.06. The van der Waals surface area contributed by atoms with E-state index in [1.54, 1.807) is 6.07 Å². The lowest BCUT2D eigenvalue weighted by Gasteiger charge is -2.17. The summed E-state index contributed by atoms with van der Waals surface area (Å²) in [5.74, 6) is -1.42. The van der Waals surface area contributed by atoms with Crippen molar-refractivity contribution >= 4 is 35.2 Å². The Balaban J connectivity index is 1.82. The number of likely N-dealkylation sites (N-methyl/N-ethyl adjacent to an activating group) is 1. The highest BCUT2D eigenvalue weighted by atomic mass is 32.2. The van der Waals surface area contributed by atoms with E-state index in [2.05, 4.69) is 10.3 Å². The van der Waals surface area contributed by atoms with Crippen molar-refractivity contribution in [2.75, 3.05) is 31.8 Å². The van der Waals surface area contributed by atoms with Gasteiger partial charge in [-0.05, 0) is 30.5 Å². The second kappa shape index (κ2) is 9.57.